The van der Waals surface area contributed by atoms with Crippen LogP contribution in [0, 0.1) is 12.8 Å². The molecule has 0 aliphatic carbocycles. The fraction of sp³-hybridized carbons (Fsp3) is 0.462. The van der Waals surface area contributed by atoms with Crippen molar-refractivity contribution in [3.8, 4) is 0 Å². The van der Waals surface area contributed by atoms with Gasteiger partial charge in [-0.25, -0.2) is 4.98 Å². The monoisotopic (exact) mass is 248 g/mol. The number of hydrogen-bond acceptors (Lipinski definition) is 4. The first-order valence-electron chi connectivity index (χ1n) is 6.01. The Morgan fingerprint density at radius 1 is 1.53 bits per heavy atom. The van der Waals surface area contributed by atoms with Crippen LogP contribution in [0.25, 0.3) is 10.2 Å². The highest BCUT2D eigenvalue weighted by atomic mass is 32.1. The number of anilines is 1. The second-order valence-electron chi connectivity index (χ2n) is 4.55. The molecule has 1 aliphatic heterocycles. The van der Waals surface area contributed by atoms with Gasteiger partial charge in [-0.15, -0.1) is 0 Å². The van der Waals surface area contributed by atoms with Crippen LogP contribution in [0.3, 0.4) is 0 Å². The molecule has 0 radical (unpaired) electrons. The zero-order valence-corrected chi connectivity index (χ0v) is 10.7. The molecule has 90 valence electrons. The molecule has 0 spiro atoms. The number of benzene rings is 1. The van der Waals surface area contributed by atoms with Gasteiger partial charge in [0.2, 0.25) is 0 Å². The van der Waals surface area contributed by atoms with Crippen LogP contribution in [0.2, 0.25) is 0 Å². The number of hydrogen-bond donors (Lipinski definition) is 1. The largest absolute Gasteiger partial charge is 0.381 e. The molecular weight excluding hydrogens is 232 g/mol. The summed E-state index contributed by atoms with van der Waals surface area (Å²) in [5.41, 5.74) is 2.37. The molecule has 0 bridgehead atoms. The van der Waals surface area contributed by atoms with Gasteiger partial charge in [-0.05, 0) is 25.0 Å². The van der Waals surface area contributed by atoms with Crippen LogP contribution < -0.4 is 5.32 Å². The molecule has 1 unspecified atom stereocenters. The smallest absolute Gasteiger partial charge is 0.183 e. The lowest BCUT2D eigenvalue weighted by Crippen LogP contribution is -2.13. The molecule has 3 rings (SSSR count). The van der Waals surface area contributed by atoms with E-state index in [9.17, 15) is 0 Å². The van der Waals surface area contributed by atoms with Crippen molar-refractivity contribution >= 4 is 26.7 Å². The van der Waals surface area contributed by atoms with Crippen LogP contribution in [-0.4, -0.2) is 24.7 Å². The molecule has 1 aromatic heterocycles. The van der Waals surface area contributed by atoms with Gasteiger partial charge in [0, 0.05) is 19.1 Å². The summed E-state index contributed by atoms with van der Waals surface area (Å²) in [6, 6.07) is 6.32. The van der Waals surface area contributed by atoms with E-state index in [1.807, 2.05) is 0 Å². The molecule has 4 heteroatoms. The molecule has 2 aromatic rings. The van der Waals surface area contributed by atoms with Crippen molar-refractivity contribution in [2.24, 2.45) is 5.92 Å². The van der Waals surface area contributed by atoms with Gasteiger partial charge in [0.05, 0.1) is 16.8 Å². The Bertz CT molecular complexity index is 517. The van der Waals surface area contributed by atoms with Crippen molar-refractivity contribution in [2.45, 2.75) is 13.3 Å². The predicted molar refractivity (Wildman–Crippen MR) is 71.8 cm³/mol. The molecule has 3 nitrogen and oxygen atoms in total. The maximum atomic E-state index is 5.37. The van der Waals surface area contributed by atoms with E-state index >= 15 is 0 Å². The Morgan fingerprint density at radius 3 is 3.24 bits per heavy atom. The van der Waals surface area contributed by atoms with Gasteiger partial charge in [0.1, 0.15) is 0 Å². The van der Waals surface area contributed by atoms with Crippen LogP contribution in [0.5, 0.6) is 0 Å². The number of nitrogens with one attached hydrogen (secondary N) is 1. The molecule has 1 saturated heterocycles. The SMILES string of the molecule is Cc1cccc2sc(NCC3CCOC3)nc12. The van der Waals surface area contributed by atoms with E-state index in [1.165, 1.54) is 10.3 Å². The summed E-state index contributed by atoms with van der Waals surface area (Å²) in [5, 5.41) is 4.46. The molecule has 0 amide bonds. The van der Waals surface area contributed by atoms with E-state index in [2.05, 4.69) is 35.4 Å². The Morgan fingerprint density at radius 2 is 2.47 bits per heavy atom. The Kier molecular flexibility index (Phi) is 2.99. The van der Waals surface area contributed by atoms with Crippen molar-refractivity contribution in [3.05, 3.63) is 23.8 Å². The summed E-state index contributed by atoms with van der Waals surface area (Å²) in [6.07, 6.45) is 1.16. The second-order valence-corrected chi connectivity index (χ2v) is 5.58. The molecule has 1 fully saturated rings. The van der Waals surface area contributed by atoms with Crippen LogP contribution in [0.15, 0.2) is 18.2 Å². The molecule has 1 N–H and O–H groups in total. The first-order valence-corrected chi connectivity index (χ1v) is 6.82. The molecule has 0 saturated carbocycles. The normalized spacial score (nSPS) is 19.9. The third-order valence-corrected chi connectivity index (χ3v) is 4.16. The summed E-state index contributed by atoms with van der Waals surface area (Å²) >= 11 is 1.73. The summed E-state index contributed by atoms with van der Waals surface area (Å²) in [7, 11) is 0. The third kappa shape index (κ3) is 2.28. The lowest BCUT2D eigenvalue weighted by molar-refractivity contribution is 0.187. The summed E-state index contributed by atoms with van der Waals surface area (Å²) in [6.45, 7) is 4.87. The minimum absolute atomic E-state index is 0.642. The first kappa shape index (κ1) is 11.0. The summed E-state index contributed by atoms with van der Waals surface area (Å²) in [5.74, 6) is 0.642. The zero-order chi connectivity index (χ0) is 11.7. The van der Waals surface area contributed by atoms with Gasteiger partial charge < -0.3 is 10.1 Å². The molecule has 2 heterocycles. The lowest BCUT2D eigenvalue weighted by atomic mass is 10.1. The molecule has 1 aromatic carbocycles. The molecule has 1 atom stereocenters. The average molecular weight is 248 g/mol. The number of rotatable bonds is 3. The minimum atomic E-state index is 0.642. The topological polar surface area (TPSA) is 34.1 Å². The van der Waals surface area contributed by atoms with Gasteiger partial charge >= 0.3 is 0 Å². The first-order chi connectivity index (χ1) is 8.33. The fourth-order valence-electron chi connectivity index (χ4n) is 2.14. The van der Waals surface area contributed by atoms with E-state index in [4.69, 9.17) is 4.74 Å². The number of nitrogens with zero attached hydrogens (tertiary/aromatic N) is 1. The summed E-state index contributed by atoms with van der Waals surface area (Å²) < 4.78 is 6.63. The van der Waals surface area contributed by atoms with E-state index in [0.717, 1.165) is 36.8 Å². The Balaban J connectivity index is 1.74. The van der Waals surface area contributed by atoms with Crippen molar-refractivity contribution < 1.29 is 4.74 Å². The maximum Gasteiger partial charge on any atom is 0.183 e. The van der Waals surface area contributed by atoms with Gasteiger partial charge in [-0.3, -0.25) is 0 Å². The Labute approximate surface area is 105 Å². The second kappa shape index (κ2) is 4.63. The van der Waals surface area contributed by atoms with Gasteiger partial charge in [0.15, 0.2) is 5.13 Å². The van der Waals surface area contributed by atoms with Crippen LogP contribution >= 0.6 is 11.3 Å². The van der Waals surface area contributed by atoms with Crippen molar-refractivity contribution in [3.63, 3.8) is 0 Å². The fourth-order valence-corrected chi connectivity index (χ4v) is 3.09. The van der Waals surface area contributed by atoms with Gasteiger partial charge in [-0.1, -0.05) is 23.5 Å². The number of fused-ring (bicyclic) bond motifs is 1. The van der Waals surface area contributed by atoms with Crippen molar-refractivity contribution in [1.82, 2.24) is 4.98 Å². The van der Waals surface area contributed by atoms with Crippen LogP contribution in [0.1, 0.15) is 12.0 Å². The quantitative estimate of drug-likeness (QED) is 0.906. The van der Waals surface area contributed by atoms with Crippen molar-refractivity contribution in [2.75, 3.05) is 25.1 Å². The van der Waals surface area contributed by atoms with E-state index < -0.39 is 0 Å². The highest BCUT2D eigenvalue weighted by molar-refractivity contribution is 7.22. The Hall–Kier alpha value is -1.13. The number of thiazole rings is 1. The highest BCUT2D eigenvalue weighted by Crippen LogP contribution is 2.28. The lowest BCUT2D eigenvalue weighted by Gasteiger charge is -2.07. The zero-order valence-electron chi connectivity index (χ0n) is 9.90. The van der Waals surface area contributed by atoms with Gasteiger partial charge in [-0.2, -0.15) is 0 Å². The van der Waals surface area contributed by atoms with Crippen LogP contribution in [0.4, 0.5) is 5.13 Å². The third-order valence-electron chi connectivity index (χ3n) is 3.19. The predicted octanol–water partition coefficient (Wildman–Crippen LogP) is 3.05. The number of aryl methyl sites for hydroxylation is 1. The summed E-state index contributed by atoms with van der Waals surface area (Å²) in [4.78, 5) is 4.64. The number of ether oxygens (including phenoxy) is 1. The van der Waals surface area contributed by atoms with Crippen LogP contribution in [-0.2, 0) is 4.74 Å². The molecule has 17 heavy (non-hydrogen) atoms. The number of aromatic nitrogens is 1. The highest BCUT2D eigenvalue weighted by Gasteiger charge is 2.15. The van der Waals surface area contributed by atoms with E-state index in [-0.39, 0.29) is 0 Å². The van der Waals surface area contributed by atoms with Gasteiger partial charge in [0.25, 0.3) is 0 Å². The minimum Gasteiger partial charge on any atom is -0.381 e. The number of para-hydroxylation sites is 1. The van der Waals surface area contributed by atoms with E-state index in [1.54, 1.807) is 11.3 Å². The standard InChI is InChI=1S/C13H16N2OS/c1-9-3-2-4-11-12(9)15-13(17-11)14-7-10-5-6-16-8-10/h2-4,10H,5-8H2,1H3,(H,14,15). The molecule has 1 aliphatic rings. The average Bonchev–Trinajstić information content (AvgIpc) is 2.95. The maximum absolute atomic E-state index is 5.37. The van der Waals surface area contributed by atoms with Crippen molar-refractivity contribution in [1.29, 1.82) is 0 Å². The van der Waals surface area contributed by atoms with E-state index in [0.29, 0.717) is 5.92 Å². The molecular formula is C13H16N2OS.